The molecule has 0 radical (unpaired) electrons. The zero-order valence-corrected chi connectivity index (χ0v) is 22.3. The largest absolute Gasteiger partial charge is 0.441 e. The highest BCUT2D eigenvalue weighted by Crippen LogP contribution is 2.36. The monoisotopic (exact) mass is 478 g/mol. The van der Waals surface area contributed by atoms with Crippen molar-refractivity contribution in [2.75, 3.05) is 0 Å². The van der Waals surface area contributed by atoms with E-state index in [0.29, 0.717) is 11.4 Å². The number of hydrogen-bond acceptors (Lipinski definition) is 4. The van der Waals surface area contributed by atoms with Crippen LogP contribution in [0.3, 0.4) is 0 Å². The lowest BCUT2D eigenvalue weighted by molar-refractivity contribution is 0.0668. The van der Waals surface area contributed by atoms with E-state index in [9.17, 15) is 9.59 Å². The van der Waals surface area contributed by atoms with E-state index in [4.69, 9.17) is 9.47 Å². The fraction of sp³-hybridized carbons (Fsp3) is 0.448. The van der Waals surface area contributed by atoms with Gasteiger partial charge in [-0.25, -0.2) is 9.59 Å². The molecule has 2 N–H and O–H groups in total. The molecule has 2 amide bonds. The van der Waals surface area contributed by atoms with Gasteiger partial charge in [-0.2, -0.15) is 0 Å². The maximum absolute atomic E-state index is 12.8. The van der Waals surface area contributed by atoms with E-state index in [0.717, 1.165) is 27.8 Å². The standard InChI is InChI=1S/C29H38N2O4/c1-17-12-19(3)24(20(4)13-17)34-27(33)31-23-15-22(10-11-28(23,6)7)30-26(32)35-25-21(5)14-18(2)16-29(25,8)9/h10-16,23,25H,1-9H3,(H,30,32)(H,31,33). The number of nitrogens with one attached hydrogen (secondary N) is 2. The molecule has 2 atom stereocenters. The van der Waals surface area contributed by atoms with E-state index in [2.05, 4.69) is 30.6 Å². The van der Waals surface area contributed by atoms with Crippen molar-refractivity contribution in [2.45, 2.75) is 74.5 Å². The molecule has 0 saturated heterocycles. The zero-order valence-electron chi connectivity index (χ0n) is 22.3. The van der Waals surface area contributed by atoms with Gasteiger partial charge >= 0.3 is 12.2 Å². The molecule has 1 aromatic rings. The Morgan fingerprint density at radius 1 is 0.914 bits per heavy atom. The lowest BCUT2D eigenvalue weighted by atomic mass is 9.77. The van der Waals surface area contributed by atoms with E-state index in [1.54, 1.807) is 0 Å². The van der Waals surface area contributed by atoms with Crippen molar-refractivity contribution >= 4 is 12.2 Å². The first kappa shape index (κ1) is 26.3. The summed E-state index contributed by atoms with van der Waals surface area (Å²) in [7, 11) is 0. The summed E-state index contributed by atoms with van der Waals surface area (Å²) >= 11 is 0. The van der Waals surface area contributed by atoms with Crippen molar-refractivity contribution < 1.29 is 19.1 Å². The summed E-state index contributed by atoms with van der Waals surface area (Å²) in [6.07, 6.45) is 8.31. The molecule has 0 aliphatic heterocycles. The molecular weight excluding hydrogens is 440 g/mol. The Labute approximate surface area is 209 Å². The Hall–Kier alpha value is -3.28. The van der Waals surface area contributed by atoms with Crippen molar-refractivity contribution in [3.05, 3.63) is 76.0 Å². The van der Waals surface area contributed by atoms with Gasteiger partial charge in [-0.15, -0.1) is 0 Å². The predicted octanol–water partition coefficient (Wildman–Crippen LogP) is 6.58. The van der Waals surface area contributed by atoms with Gasteiger partial charge in [0, 0.05) is 16.5 Å². The van der Waals surface area contributed by atoms with Crippen LogP contribution in [0.15, 0.2) is 59.4 Å². The first-order chi connectivity index (χ1) is 16.2. The van der Waals surface area contributed by atoms with E-state index < -0.39 is 12.2 Å². The van der Waals surface area contributed by atoms with Gasteiger partial charge in [0.1, 0.15) is 11.9 Å². The maximum atomic E-state index is 12.8. The summed E-state index contributed by atoms with van der Waals surface area (Å²) in [5.74, 6) is 0.561. The molecule has 188 valence electrons. The first-order valence-electron chi connectivity index (χ1n) is 12.0. The Balaban J connectivity index is 1.69. The Kier molecular flexibility index (Phi) is 7.34. The number of carbonyl (C=O) groups is 2. The molecule has 0 aromatic heterocycles. The average Bonchev–Trinajstić information content (AvgIpc) is 2.70. The van der Waals surface area contributed by atoms with Gasteiger partial charge < -0.3 is 14.8 Å². The minimum Gasteiger partial charge on any atom is -0.441 e. The molecule has 1 aromatic carbocycles. The number of hydrogen-bond donors (Lipinski definition) is 2. The minimum atomic E-state index is -0.543. The van der Waals surface area contributed by atoms with Crippen LogP contribution in [0, 0.1) is 31.6 Å². The Morgan fingerprint density at radius 2 is 1.54 bits per heavy atom. The Bertz CT molecular complexity index is 1130. The van der Waals surface area contributed by atoms with Crippen LogP contribution in [0.4, 0.5) is 9.59 Å². The normalized spacial score (nSPS) is 22.4. The van der Waals surface area contributed by atoms with Crippen molar-refractivity contribution in [1.29, 1.82) is 0 Å². The van der Waals surface area contributed by atoms with Crippen LogP contribution in [-0.2, 0) is 4.74 Å². The Morgan fingerprint density at radius 3 is 2.14 bits per heavy atom. The third-order valence-electron chi connectivity index (χ3n) is 6.53. The zero-order chi connectivity index (χ0) is 26.1. The predicted molar refractivity (Wildman–Crippen MR) is 139 cm³/mol. The second-order valence-electron chi connectivity index (χ2n) is 11.0. The van der Waals surface area contributed by atoms with Gasteiger partial charge in [-0.05, 0) is 63.5 Å². The fourth-order valence-electron chi connectivity index (χ4n) is 4.97. The minimum absolute atomic E-state index is 0.306. The van der Waals surface area contributed by atoms with Crippen molar-refractivity contribution in [3.63, 3.8) is 0 Å². The molecule has 2 aliphatic carbocycles. The van der Waals surface area contributed by atoms with Gasteiger partial charge in [-0.1, -0.05) is 69.2 Å². The van der Waals surface area contributed by atoms with Crippen LogP contribution in [0.1, 0.15) is 58.2 Å². The third kappa shape index (κ3) is 6.24. The highest BCUT2D eigenvalue weighted by Gasteiger charge is 2.35. The highest BCUT2D eigenvalue weighted by atomic mass is 16.6. The first-order valence-corrected chi connectivity index (χ1v) is 12.0. The second kappa shape index (κ2) is 9.76. The lowest BCUT2D eigenvalue weighted by Gasteiger charge is -2.36. The third-order valence-corrected chi connectivity index (χ3v) is 6.53. The molecule has 2 aliphatic rings. The number of amides is 2. The number of allylic oxidation sites excluding steroid dienone is 3. The summed E-state index contributed by atoms with van der Waals surface area (Å²) in [4.78, 5) is 25.5. The van der Waals surface area contributed by atoms with Gasteiger partial charge in [-0.3, -0.25) is 5.32 Å². The summed E-state index contributed by atoms with van der Waals surface area (Å²) in [6.45, 7) is 18.0. The van der Waals surface area contributed by atoms with Crippen LogP contribution < -0.4 is 15.4 Å². The molecule has 35 heavy (non-hydrogen) atoms. The van der Waals surface area contributed by atoms with Crippen LogP contribution in [0.5, 0.6) is 5.75 Å². The quantitative estimate of drug-likeness (QED) is 0.513. The lowest BCUT2D eigenvalue weighted by Crippen LogP contribution is -2.46. The van der Waals surface area contributed by atoms with Crippen LogP contribution in [-0.4, -0.2) is 24.3 Å². The van der Waals surface area contributed by atoms with Gasteiger partial charge in [0.2, 0.25) is 0 Å². The molecule has 0 bridgehead atoms. The van der Waals surface area contributed by atoms with Crippen molar-refractivity contribution in [1.82, 2.24) is 10.6 Å². The molecule has 0 saturated carbocycles. The van der Waals surface area contributed by atoms with Gasteiger partial charge in [0.15, 0.2) is 0 Å². The van der Waals surface area contributed by atoms with E-state index in [1.165, 1.54) is 0 Å². The van der Waals surface area contributed by atoms with E-state index in [1.807, 2.05) is 84.9 Å². The molecule has 0 fully saturated rings. The summed E-state index contributed by atoms with van der Waals surface area (Å²) < 4.78 is 11.5. The van der Waals surface area contributed by atoms with Crippen molar-refractivity contribution in [3.8, 4) is 5.75 Å². The number of alkyl carbamates (subject to hydrolysis) is 1. The topological polar surface area (TPSA) is 76.7 Å². The van der Waals surface area contributed by atoms with Gasteiger partial charge in [0.25, 0.3) is 0 Å². The average molecular weight is 479 g/mol. The van der Waals surface area contributed by atoms with E-state index >= 15 is 0 Å². The van der Waals surface area contributed by atoms with Crippen LogP contribution in [0.25, 0.3) is 0 Å². The molecule has 6 nitrogen and oxygen atoms in total. The number of aryl methyl sites for hydroxylation is 3. The van der Waals surface area contributed by atoms with Crippen LogP contribution >= 0.6 is 0 Å². The highest BCUT2D eigenvalue weighted by molar-refractivity contribution is 5.73. The second-order valence-corrected chi connectivity index (χ2v) is 11.0. The number of ether oxygens (including phenoxy) is 2. The van der Waals surface area contributed by atoms with Crippen molar-refractivity contribution in [2.24, 2.45) is 10.8 Å². The van der Waals surface area contributed by atoms with Gasteiger partial charge in [0.05, 0.1) is 6.04 Å². The number of rotatable bonds is 4. The molecule has 3 rings (SSSR count). The molecule has 0 heterocycles. The number of benzene rings is 1. The summed E-state index contributed by atoms with van der Waals surface area (Å²) in [5, 5.41) is 5.76. The summed E-state index contributed by atoms with van der Waals surface area (Å²) in [5.41, 5.74) is 4.96. The SMILES string of the molecule is CC1=CC(C)(C)C(OC(=O)NC2=CC(NC(=O)Oc3c(C)cc(C)cc3C)C(C)(C)C=C2)C(C)=C1. The molecule has 2 unspecified atom stereocenters. The molecule has 6 heteroatoms. The summed E-state index contributed by atoms with van der Waals surface area (Å²) in [6, 6.07) is 3.58. The van der Waals surface area contributed by atoms with Crippen LogP contribution in [0.2, 0.25) is 0 Å². The smallest absolute Gasteiger partial charge is 0.413 e. The number of carbonyl (C=O) groups excluding carboxylic acids is 2. The fourth-order valence-corrected chi connectivity index (χ4v) is 4.97. The molecule has 0 spiro atoms. The van der Waals surface area contributed by atoms with E-state index in [-0.39, 0.29) is 23.0 Å². The maximum Gasteiger partial charge on any atom is 0.413 e. The molecular formula is C29H38N2O4.